The van der Waals surface area contributed by atoms with Crippen molar-refractivity contribution in [3.8, 4) is 11.1 Å². The maximum Gasteiger partial charge on any atom is 0.264 e. The number of anilines is 2. The van der Waals surface area contributed by atoms with Gasteiger partial charge in [0.25, 0.3) is 5.91 Å². The Kier molecular flexibility index (Phi) is 8.31. The third-order valence-electron chi connectivity index (χ3n) is 5.27. The second-order valence-electron chi connectivity index (χ2n) is 8.61. The largest absolute Gasteiger partial charge is 0.398 e. The molecule has 178 valence electrons. The van der Waals surface area contributed by atoms with Gasteiger partial charge in [0, 0.05) is 22.4 Å². The normalized spacial score (nSPS) is 10.8. The number of thiocarbonyl (C=S) groups is 1. The molecule has 0 saturated heterocycles. The SMILES string of the molecule is CC(C)(C)c1ccc(C(=O)N(C(N)=S)c2ccc(-c3cccc(C(N)=O)c3Cl)c(N)c2)cc1.Cl. The number of carbonyl (C=O) groups is 2. The highest BCUT2D eigenvalue weighted by Crippen LogP contribution is 2.36. The van der Waals surface area contributed by atoms with E-state index < -0.39 is 5.91 Å². The van der Waals surface area contributed by atoms with Crippen molar-refractivity contribution in [2.75, 3.05) is 10.6 Å². The van der Waals surface area contributed by atoms with Crippen LogP contribution in [-0.4, -0.2) is 16.9 Å². The minimum Gasteiger partial charge on any atom is -0.398 e. The van der Waals surface area contributed by atoms with Gasteiger partial charge in [-0.3, -0.25) is 14.5 Å². The van der Waals surface area contributed by atoms with E-state index in [1.54, 1.807) is 42.5 Å². The Morgan fingerprint density at radius 2 is 1.56 bits per heavy atom. The molecule has 0 saturated carbocycles. The highest BCUT2D eigenvalue weighted by molar-refractivity contribution is 7.80. The van der Waals surface area contributed by atoms with E-state index in [1.165, 1.54) is 11.0 Å². The van der Waals surface area contributed by atoms with Crippen LogP contribution in [0.5, 0.6) is 0 Å². The fourth-order valence-electron chi connectivity index (χ4n) is 3.45. The van der Waals surface area contributed by atoms with E-state index in [0.29, 0.717) is 28.1 Å². The van der Waals surface area contributed by atoms with E-state index in [2.05, 4.69) is 20.8 Å². The molecule has 0 fully saturated rings. The molecule has 6 nitrogen and oxygen atoms in total. The molecule has 0 aromatic heterocycles. The molecule has 3 rings (SSSR count). The van der Waals surface area contributed by atoms with Gasteiger partial charge in [-0.1, -0.05) is 62.7 Å². The minimum absolute atomic E-state index is 0. The van der Waals surface area contributed by atoms with E-state index in [0.717, 1.165) is 5.56 Å². The Balaban J connectivity index is 0.00000408. The molecule has 0 atom stereocenters. The summed E-state index contributed by atoms with van der Waals surface area (Å²) in [5.41, 5.74) is 21.2. The molecular weight excluding hydrogens is 491 g/mol. The van der Waals surface area contributed by atoms with Gasteiger partial charge in [-0.2, -0.15) is 0 Å². The van der Waals surface area contributed by atoms with Gasteiger partial charge in [0.15, 0.2) is 5.11 Å². The maximum atomic E-state index is 13.2. The predicted octanol–water partition coefficient (Wildman–Crippen LogP) is 5.30. The van der Waals surface area contributed by atoms with E-state index in [-0.39, 0.29) is 39.4 Å². The molecule has 0 heterocycles. The Hall–Kier alpha value is -3.13. The van der Waals surface area contributed by atoms with Crippen LogP contribution < -0.4 is 22.1 Å². The van der Waals surface area contributed by atoms with Crippen LogP contribution >= 0.6 is 36.2 Å². The Labute approximate surface area is 215 Å². The highest BCUT2D eigenvalue weighted by atomic mass is 35.5. The fourth-order valence-corrected chi connectivity index (χ4v) is 3.96. The monoisotopic (exact) mass is 516 g/mol. The number of nitrogens with zero attached hydrogens (tertiary/aromatic N) is 1. The smallest absolute Gasteiger partial charge is 0.264 e. The van der Waals surface area contributed by atoms with E-state index in [4.69, 9.17) is 41.0 Å². The molecule has 2 amide bonds. The van der Waals surface area contributed by atoms with Crippen molar-refractivity contribution < 1.29 is 9.59 Å². The lowest BCUT2D eigenvalue weighted by Crippen LogP contribution is -2.40. The number of rotatable bonds is 4. The lowest BCUT2D eigenvalue weighted by molar-refractivity contribution is 0.0993. The molecule has 6 N–H and O–H groups in total. The Bertz CT molecular complexity index is 1250. The summed E-state index contributed by atoms with van der Waals surface area (Å²) in [4.78, 5) is 26.1. The summed E-state index contributed by atoms with van der Waals surface area (Å²) in [6.45, 7) is 6.29. The number of benzene rings is 3. The molecule has 0 bridgehead atoms. The van der Waals surface area contributed by atoms with Gasteiger partial charge < -0.3 is 17.2 Å². The van der Waals surface area contributed by atoms with Crippen LogP contribution in [0.3, 0.4) is 0 Å². The first-order chi connectivity index (χ1) is 15.4. The van der Waals surface area contributed by atoms with Crippen molar-refractivity contribution in [3.05, 3.63) is 82.4 Å². The van der Waals surface area contributed by atoms with Crippen LogP contribution in [0.2, 0.25) is 5.02 Å². The number of halogens is 2. The van der Waals surface area contributed by atoms with E-state index in [9.17, 15) is 9.59 Å². The standard InChI is InChI=1S/C25H25ClN4O2S.ClH/c1-25(2,3)15-9-7-14(8-10-15)23(32)30(24(29)33)16-11-12-17(20(27)13-16)18-5-4-6-19(21(18)26)22(28)31;/h4-13H,27H2,1-3H3,(H2,28,31)(H2,29,33);1H. The molecule has 0 spiro atoms. The minimum atomic E-state index is -0.639. The van der Waals surface area contributed by atoms with Gasteiger partial charge in [-0.05, 0) is 53.5 Å². The fraction of sp³-hybridized carbons (Fsp3) is 0.160. The van der Waals surface area contributed by atoms with Gasteiger partial charge >= 0.3 is 0 Å². The van der Waals surface area contributed by atoms with Crippen molar-refractivity contribution in [1.29, 1.82) is 0 Å². The molecule has 0 unspecified atom stereocenters. The summed E-state index contributed by atoms with van der Waals surface area (Å²) in [7, 11) is 0. The number of primary amides is 1. The first kappa shape index (κ1) is 27.1. The number of amides is 2. The van der Waals surface area contributed by atoms with Gasteiger partial charge in [0.05, 0.1) is 16.3 Å². The maximum absolute atomic E-state index is 13.2. The second kappa shape index (κ2) is 10.4. The topological polar surface area (TPSA) is 115 Å². The van der Waals surface area contributed by atoms with Crippen molar-refractivity contribution in [3.63, 3.8) is 0 Å². The van der Waals surface area contributed by atoms with Crippen molar-refractivity contribution in [2.24, 2.45) is 11.5 Å². The van der Waals surface area contributed by atoms with Crippen molar-refractivity contribution in [2.45, 2.75) is 26.2 Å². The van der Waals surface area contributed by atoms with Crippen molar-refractivity contribution in [1.82, 2.24) is 0 Å². The van der Waals surface area contributed by atoms with Gasteiger partial charge in [-0.25, -0.2) is 0 Å². The number of nitrogens with two attached hydrogens (primary N) is 3. The van der Waals surface area contributed by atoms with Crippen LogP contribution in [0, 0.1) is 0 Å². The van der Waals surface area contributed by atoms with Gasteiger partial charge in [0.1, 0.15) is 0 Å². The zero-order chi connectivity index (χ0) is 24.5. The average molecular weight is 517 g/mol. The predicted molar refractivity (Wildman–Crippen MR) is 146 cm³/mol. The Morgan fingerprint density at radius 1 is 0.941 bits per heavy atom. The summed E-state index contributed by atoms with van der Waals surface area (Å²) < 4.78 is 0. The number of hydrogen-bond donors (Lipinski definition) is 3. The van der Waals surface area contributed by atoms with Crippen LogP contribution in [0.25, 0.3) is 11.1 Å². The van der Waals surface area contributed by atoms with E-state index >= 15 is 0 Å². The lowest BCUT2D eigenvalue weighted by Gasteiger charge is -2.23. The molecule has 3 aromatic rings. The van der Waals surface area contributed by atoms with Crippen LogP contribution in [0.15, 0.2) is 60.7 Å². The first-order valence-corrected chi connectivity index (χ1v) is 10.9. The van der Waals surface area contributed by atoms with E-state index in [1.807, 2.05) is 12.1 Å². The molecule has 34 heavy (non-hydrogen) atoms. The third kappa shape index (κ3) is 5.50. The lowest BCUT2D eigenvalue weighted by atomic mass is 9.86. The van der Waals surface area contributed by atoms with Crippen LogP contribution in [-0.2, 0) is 5.41 Å². The quantitative estimate of drug-likeness (QED) is 0.321. The molecule has 0 aliphatic rings. The second-order valence-corrected chi connectivity index (χ2v) is 9.41. The summed E-state index contributed by atoms with van der Waals surface area (Å²) in [5, 5.41) is 0.0893. The van der Waals surface area contributed by atoms with Gasteiger partial charge in [0.2, 0.25) is 5.91 Å². The van der Waals surface area contributed by atoms with Crippen molar-refractivity contribution >= 4 is 64.5 Å². The Morgan fingerprint density at radius 3 is 2.06 bits per heavy atom. The van der Waals surface area contributed by atoms with Crippen LogP contribution in [0.4, 0.5) is 11.4 Å². The number of nitrogen functional groups attached to an aromatic ring is 1. The van der Waals surface area contributed by atoms with Crippen LogP contribution in [0.1, 0.15) is 47.1 Å². The van der Waals surface area contributed by atoms with Gasteiger partial charge in [-0.15, -0.1) is 12.4 Å². The average Bonchev–Trinajstić information content (AvgIpc) is 2.73. The number of carbonyl (C=O) groups excluding carboxylic acids is 2. The molecule has 0 aliphatic carbocycles. The molecule has 9 heteroatoms. The number of hydrogen-bond acceptors (Lipinski definition) is 4. The molecular formula is C25H26Cl2N4O2S. The summed E-state index contributed by atoms with van der Waals surface area (Å²) in [6.07, 6.45) is 0. The summed E-state index contributed by atoms with van der Waals surface area (Å²) >= 11 is 11.5. The summed E-state index contributed by atoms with van der Waals surface area (Å²) in [6, 6.07) is 17.2. The molecule has 0 radical (unpaired) electrons. The summed E-state index contributed by atoms with van der Waals surface area (Å²) in [5.74, 6) is -1.01. The highest BCUT2D eigenvalue weighted by Gasteiger charge is 2.23. The zero-order valence-corrected chi connectivity index (χ0v) is 21.4. The molecule has 0 aliphatic heterocycles. The molecule has 3 aromatic carbocycles. The first-order valence-electron chi connectivity index (χ1n) is 10.1. The third-order valence-corrected chi connectivity index (χ3v) is 5.86. The zero-order valence-electron chi connectivity index (χ0n) is 19.0.